The fraction of sp³-hybridized carbons (Fsp3) is 0.158. The van der Waals surface area contributed by atoms with Crippen molar-refractivity contribution in [1.29, 1.82) is 0 Å². The maximum absolute atomic E-state index is 12.2. The van der Waals surface area contributed by atoms with E-state index < -0.39 is 0 Å². The summed E-state index contributed by atoms with van der Waals surface area (Å²) in [4.78, 5) is 19.5. The molecule has 0 aliphatic carbocycles. The van der Waals surface area contributed by atoms with Crippen LogP contribution < -0.4 is 11.1 Å². The standard InChI is InChI=1S/C19H19ClN4O.2ClH/c20-17-6-2-1-4-13(17)10-15(11-21)24-18(25)8-7-14-12-23-19-16(14)5-3-9-22-19;;/h1-9,12,15H,10-11,21H2,(H,22,23)(H,24,25);2*1H/t15-;;/m0../s1. The van der Waals surface area contributed by atoms with Crippen molar-refractivity contribution in [1.82, 2.24) is 15.3 Å². The van der Waals surface area contributed by atoms with Crippen molar-refractivity contribution < 1.29 is 4.79 Å². The minimum absolute atomic E-state index is 0. The van der Waals surface area contributed by atoms with Crippen LogP contribution in [0.5, 0.6) is 0 Å². The quantitative estimate of drug-likeness (QED) is 0.524. The fourth-order valence-corrected chi connectivity index (χ4v) is 2.87. The van der Waals surface area contributed by atoms with Crippen LogP contribution in [0.3, 0.4) is 0 Å². The number of nitrogens with two attached hydrogens (primary N) is 1. The lowest BCUT2D eigenvalue weighted by Gasteiger charge is -2.16. The monoisotopic (exact) mass is 426 g/mol. The first-order valence-electron chi connectivity index (χ1n) is 8.01. The molecule has 0 unspecified atom stereocenters. The Morgan fingerprint density at radius 3 is 2.78 bits per heavy atom. The van der Waals surface area contributed by atoms with Gasteiger partial charge >= 0.3 is 0 Å². The second-order valence-electron chi connectivity index (χ2n) is 5.71. The van der Waals surface area contributed by atoms with Gasteiger partial charge in [0.25, 0.3) is 0 Å². The molecule has 0 saturated heterocycles. The third-order valence-corrected chi connectivity index (χ3v) is 4.32. The first kappa shape index (κ1) is 23.0. The van der Waals surface area contributed by atoms with Crippen LogP contribution in [0.15, 0.2) is 54.9 Å². The first-order valence-corrected chi connectivity index (χ1v) is 8.39. The molecule has 1 amide bonds. The summed E-state index contributed by atoms with van der Waals surface area (Å²) in [7, 11) is 0. The molecule has 0 aliphatic heterocycles. The highest BCUT2D eigenvalue weighted by Gasteiger charge is 2.12. The predicted octanol–water partition coefficient (Wildman–Crippen LogP) is 3.76. The molecular formula is C19H21Cl3N4O. The molecule has 1 atom stereocenters. The van der Waals surface area contributed by atoms with E-state index in [-0.39, 0.29) is 36.8 Å². The number of carbonyl (C=O) groups is 1. The smallest absolute Gasteiger partial charge is 0.244 e. The summed E-state index contributed by atoms with van der Waals surface area (Å²) in [5, 5.41) is 4.57. The van der Waals surface area contributed by atoms with Crippen LogP contribution in [-0.4, -0.2) is 28.5 Å². The Hall–Kier alpha value is -2.05. The van der Waals surface area contributed by atoms with E-state index in [1.54, 1.807) is 12.3 Å². The number of amides is 1. The Bertz CT molecular complexity index is 911. The van der Waals surface area contributed by atoms with Crippen molar-refractivity contribution in [3.63, 3.8) is 0 Å². The van der Waals surface area contributed by atoms with Gasteiger partial charge < -0.3 is 16.0 Å². The normalized spacial score (nSPS) is 11.6. The average Bonchev–Trinajstić information content (AvgIpc) is 3.04. The molecule has 0 aliphatic rings. The molecule has 5 nitrogen and oxygen atoms in total. The van der Waals surface area contributed by atoms with Crippen LogP contribution in [0, 0.1) is 0 Å². The molecule has 0 radical (unpaired) electrons. The molecule has 4 N–H and O–H groups in total. The number of fused-ring (bicyclic) bond motifs is 1. The van der Waals surface area contributed by atoms with E-state index in [9.17, 15) is 4.79 Å². The van der Waals surface area contributed by atoms with E-state index >= 15 is 0 Å². The lowest BCUT2D eigenvalue weighted by atomic mass is 10.1. The van der Waals surface area contributed by atoms with Gasteiger partial charge in [0.15, 0.2) is 0 Å². The molecule has 3 rings (SSSR count). The summed E-state index contributed by atoms with van der Waals surface area (Å²) < 4.78 is 0. The van der Waals surface area contributed by atoms with Gasteiger partial charge in [0.2, 0.25) is 5.91 Å². The maximum atomic E-state index is 12.2. The lowest BCUT2D eigenvalue weighted by Crippen LogP contribution is -2.41. The van der Waals surface area contributed by atoms with Gasteiger partial charge in [-0.2, -0.15) is 0 Å². The molecule has 144 valence electrons. The first-order chi connectivity index (χ1) is 12.2. The van der Waals surface area contributed by atoms with Crippen molar-refractivity contribution in [2.45, 2.75) is 12.5 Å². The van der Waals surface area contributed by atoms with Crippen molar-refractivity contribution in [3.8, 4) is 0 Å². The third kappa shape index (κ3) is 5.97. The number of nitrogens with zero attached hydrogens (tertiary/aromatic N) is 1. The highest BCUT2D eigenvalue weighted by Crippen LogP contribution is 2.18. The third-order valence-electron chi connectivity index (χ3n) is 3.95. The number of nitrogens with one attached hydrogen (secondary N) is 2. The highest BCUT2D eigenvalue weighted by molar-refractivity contribution is 6.31. The summed E-state index contributed by atoms with van der Waals surface area (Å²) in [6.45, 7) is 0.335. The largest absolute Gasteiger partial charge is 0.348 e. The number of benzene rings is 1. The van der Waals surface area contributed by atoms with Crippen LogP contribution in [0.2, 0.25) is 5.02 Å². The number of aromatic nitrogens is 2. The molecule has 0 bridgehead atoms. The van der Waals surface area contributed by atoms with E-state index in [2.05, 4.69) is 15.3 Å². The van der Waals surface area contributed by atoms with Gasteiger partial charge in [-0.05, 0) is 36.3 Å². The fourth-order valence-electron chi connectivity index (χ4n) is 2.65. The van der Waals surface area contributed by atoms with E-state index in [4.69, 9.17) is 17.3 Å². The highest BCUT2D eigenvalue weighted by atomic mass is 35.5. The minimum atomic E-state index is -0.194. The summed E-state index contributed by atoms with van der Waals surface area (Å²) >= 11 is 6.17. The number of aromatic amines is 1. The van der Waals surface area contributed by atoms with Crippen LogP contribution in [0.4, 0.5) is 0 Å². The Kier molecular flexibility index (Phi) is 9.32. The molecule has 0 fully saturated rings. The van der Waals surface area contributed by atoms with E-state index in [0.29, 0.717) is 18.0 Å². The molecule has 3 aromatic rings. The van der Waals surface area contributed by atoms with Gasteiger partial charge in [-0.3, -0.25) is 4.79 Å². The Labute approximate surface area is 175 Å². The van der Waals surface area contributed by atoms with Crippen molar-refractivity contribution in [3.05, 3.63) is 71.0 Å². The topological polar surface area (TPSA) is 83.8 Å². The second-order valence-corrected chi connectivity index (χ2v) is 6.12. The van der Waals surface area contributed by atoms with E-state index in [0.717, 1.165) is 22.2 Å². The zero-order valence-corrected chi connectivity index (χ0v) is 16.8. The van der Waals surface area contributed by atoms with Gasteiger partial charge in [-0.15, -0.1) is 24.8 Å². The van der Waals surface area contributed by atoms with Crippen molar-refractivity contribution in [2.24, 2.45) is 5.73 Å². The SMILES string of the molecule is Cl.Cl.NC[C@H](Cc1ccccc1Cl)NC(=O)C=Cc1c[nH]c2ncccc12. The zero-order chi connectivity index (χ0) is 17.6. The Morgan fingerprint density at radius 1 is 1.26 bits per heavy atom. The zero-order valence-electron chi connectivity index (χ0n) is 14.4. The molecule has 8 heteroatoms. The Balaban J connectivity index is 0.00000182. The number of hydrogen-bond acceptors (Lipinski definition) is 3. The van der Waals surface area contributed by atoms with Gasteiger partial charge in [-0.1, -0.05) is 29.8 Å². The predicted molar refractivity (Wildman–Crippen MR) is 116 cm³/mol. The van der Waals surface area contributed by atoms with Crippen LogP contribution in [-0.2, 0) is 11.2 Å². The van der Waals surface area contributed by atoms with Gasteiger partial charge in [0.1, 0.15) is 5.65 Å². The molecule has 2 aromatic heterocycles. The van der Waals surface area contributed by atoms with E-state index in [1.807, 2.05) is 42.6 Å². The Morgan fingerprint density at radius 2 is 2.04 bits per heavy atom. The number of hydrogen-bond donors (Lipinski definition) is 3. The number of H-pyrrole nitrogens is 1. The van der Waals surface area contributed by atoms with Crippen molar-refractivity contribution >= 4 is 59.4 Å². The molecule has 2 heterocycles. The number of rotatable bonds is 6. The van der Waals surface area contributed by atoms with Gasteiger partial charge in [0.05, 0.1) is 0 Å². The summed E-state index contributed by atoms with van der Waals surface area (Å²) in [6.07, 6.45) is 7.40. The van der Waals surface area contributed by atoms with Crippen molar-refractivity contribution in [2.75, 3.05) is 6.54 Å². The van der Waals surface area contributed by atoms with E-state index in [1.165, 1.54) is 6.08 Å². The average molecular weight is 428 g/mol. The number of carbonyl (C=O) groups excluding carboxylic acids is 1. The molecule has 27 heavy (non-hydrogen) atoms. The summed E-state index contributed by atoms with van der Waals surface area (Å²) in [5.41, 5.74) is 8.46. The molecular weight excluding hydrogens is 407 g/mol. The molecule has 0 saturated carbocycles. The summed E-state index contributed by atoms with van der Waals surface area (Å²) in [5.74, 6) is -0.194. The lowest BCUT2D eigenvalue weighted by molar-refractivity contribution is -0.117. The number of pyridine rings is 1. The molecule has 1 aromatic carbocycles. The number of halogens is 3. The maximum Gasteiger partial charge on any atom is 0.244 e. The minimum Gasteiger partial charge on any atom is -0.348 e. The van der Waals surface area contributed by atoms with Crippen LogP contribution in [0.1, 0.15) is 11.1 Å². The van der Waals surface area contributed by atoms with Gasteiger partial charge in [0, 0.05) is 47.0 Å². The summed E-state index contributed by atoms with van der Waals surface area (Å²) in [6, 6.07) is 11.2. The molecule has 0 spiro atoms. The van der Waals surface area contributed by atoms with Crippen LogP contribution in [0.25, 0.3) is 17.1 Å². The second kappa shape index (κ2) is 10.9. The van der Waals surface area contributed by atoms with Crippen LogP contribution >= 0.6 is 36.4 Å². The van der Waals surface area contributed by atoms with Gasteiger partial charge in [-0.25, -0.2) is 4.98 Å².